The number of amides is 2. The van der Waals surface area contributed by atoms with E-state index in [0.29, 0.717) is 0 Å². The molecule has 0 spiro atoms. The fraction of sp³-hybridized carbons (Fsp3) is 0.167. The molecule has 0 unspecified atom stereocenters. The maximum absolute atomic E-state index is 12.2. The van der Waals surface area contributed by atoms with Gasteiger partial charge in [-0.25, -0.2) is 0 Å². The Kier molecular flexibility index (Phi) is 6.38. The highest BCUT2D eigenvalue weighted by atomic mass is 19.4. The topological polar surface area (TPSA) is 91.2 Å². The highest BCUT2D eigenvalue weighted by molar-refractivity contribution is 6.04. The molecule has 140 valence electrons. The van der Waals surface area contributed by atoms with Crippen molar-refractivity contribution in [2.75, 3.05) is 18.5 Å². The van der Waals surface area contributed by atoms with Crippen LogP contribution < -0.4 is 15.4 Å². The Balaban J connectivity index is 2.02. The van der Waals surface area contributed by atoms with Crippen molar-refractivity contribution in [3.8, 4) is 11.8 Å². The van der Waals surface area contributed by atoms with E-state index in [1.54, 1.807) is 17.4 Å². The zero-order chi connectivity index (χ0) is 19.9. The monoisotopic (exact) mass is 377 g/mol. The van der Waals surface area contributed by atoms with E-state index in [4.69, 9.17) is 10.00 Å². The SMILES string of the molecule is N#Cc1ccccc1OCC(=O)Nc1ccccc1C(=O)NCC(F)(F)F. The summed E-state index contributed by atoms with van der Waals surface area (Å²) in [6.07, 6.45) is -4.55. The van der Waals surface area contributed by atoms with Crippen LogP contribution in [0.2, 0.25) is 0 Å². The van der Waals surface area contributed by atoms with Gasteiger partial charge in [-0.2, -0.15) is 18.4 Å². The van der Waals surface area contributed by atoms with Gasteiger partial charge in [0.1, 0.15) is 18.4 Å². The summed E-state index contributed by atoms with van der Waals surface area (Å²) in [5.74, 6) is -1.40. The number of nitrogens with one attached hydrogen (secondary N) is 2. The summed E-state index contributed by atoms with van der Waals surface area (Å²) in [7, 11) is 0. The molecule has 2 amide bonds. The number of alkyl halides is 3. The molecule has 2 aromatic rings. The number of anilines is 1. The molecule has 2 aromatic carbocycles. The summed E-state index contributed by atoms with van der Waals surface area (Å²) in [5.41, 5.74) is 0.170. The lowest BCUT2D eigenvalue weighted by Gasteiger charge is -2.13. The molecule has 0 fully saturated rings. The third-order valence-electron chi connectivity index (χ3n) is 3.26. The predicted molar refractivity (Wildman–Crippen MR) is 90.1 cm³/mol. The summed E-state index contributed by atoms with van der Waals surface area (Å²) in [4.78, 5) is 24.0. The minimum Gasteiger partial charge on any atom is -0.482 e. The lowest BCUT2D eigenvalue weighted by Crippen LogP contribution is -2.34. The van der Waals surface area contributed by atoms with Crippen molar-refractivity contribution in [1.82, 2.24) is 5.32 Å². The minimum absolute atomic E-state index is 0.0411. The molecular formula is C18H14F3N3O3. The Bertz CT molecular complexity index is 876. The van der Waals surface area contributed by atoms with Crippen molar-refractivity contribution in [2.24, 2.45) is 0 Å². The van der Waals surface area contributed by atoms with Crippen molar-refractivity contribution in [3.63, 3.8) is 0 Å². The normalized spacial score (nSPS) is 10.6. The molecule has 6 nitrogen and oxygen atoms in total. The molecule has 0 radical (unpaired) electrons. The van der Waals surface area contributed by atoms with E-state index in [9.17, 15) is 22.8 Å². The lowest BCUT2D eigenvalue weighted by molar-refractivity contribution is -0.123. The van der Waals surface area contributed by atoms with Gasteiger partial charge in [0.25, 0.3) is 11.8 Å². The van der Waals surface area contributed by atoms with Gasteiger partial charge in [0.15, 0.2) is 6.61 Å². The van der Waals surface area contributed by atoms with Crippen LogP contribution in [0.5, 0.6) is 5.75 Å². The zero-order valence-electron chi connectivity index (χ0n) is 13.8. The molecule has 2 rings (SSSR count). The number of carbonyl (C=O) groups excluding carboxylic acids is 2. The minimum atomic E-state index is -4.55. The van der Waals surface area contributed by atoms with Gasteiger partial charge in [0, 0.05) is 0 Å². The van der Waals surface area contributed by atoms with E-state index in [1.165, 1.54) is 36.4 Å². The van der Waals surface area contributed by atoms with E-state index in [-0.39, 0.29) is 22.6 Å². The molecular weight excluding hydrogens is 363 g/mol. The summed E-state index contributed by atoms with van der Waals surface area (Å²) in [5, 5.41) is 13.1. The van der Waals surface area contributed by atoms with Crippen LogP contribution in [0.3, 0.4) is 0 Å². The lowest BCUT2D eigenvalue weighted by atomic mass is 10.1. The molecule has 0 saturated heterocycles. The van der Waals surface area contributed by atoms with Crippen LogP contribution in [0.25, 0.3) is 0 Å². The standard InChI is InChI=1S/C18H14F3N3O3/c19-18(20,21)11-23-17(26)13-6-2-3-7-14(13)24-16(25)10-27-15-8-4-1-5-12(15)9-22/h1-8H,10-11H2,(H,23,26)(H,24,25). The number of carbonyl (C=O) groups is 2. The van der Waals surface area contributed by atoms with Crippen molar-refractivity contribution in [3.05, 3.63) is 59.7 Å². The summed E-state index contributed by atoms with van der Waals surface area (Å²) >= 11 is 0. The van der Waals surface area contributed by atoms with Crippen LogP contribution in [0.15, 0.2) is 48.5 Å². The second-order valence-electron chi connectivity index (χ2n) is 5.29. The third kappa shape index (κ3) is 6.04. The van der Waals surface area contributed by atoms with Crippen LogP contribution in [0.1, 0.15) is 15.9 Å². The van der Waals surface area contributed by atoms with E-state index < -0.39 is 31.1 Å². The van der Waals surface area contributed by atoms with Gasteiger partial charge < -0.3 is 15.4 Å². The highest BCUT2D eigenvalue weighted by Crippen LogP contribution is 2.18. The quantitative estimate of drug-likeness (QED) is 0.810. The summed E-state index contributed by atoms with van der Waals surface area (Å²) in [6.45, 7) is -1.93. The third-order valence-corrected chi connectivity index (χ3v) is 3.26. The average molecular weight is 377 g/mol. The van der Waals surface area contributed by atoms with Crippen LogP contribution in [-0.2, 0) is 4.79 Å². The number of benzene rings is 2. The number of nitrogens with zero attached hydrogens (tertiary/aromatic N) is 1. The van der Waals surface area contributed by atoms with Gasteiger partial charge in [-0.3, -0.25) is 9.59 Å². The number of hydrogen-bond donors (Lipinski definition) is 2. The van der Waals surface area contributed by atoms with Gasteiger partial charge in [0.05, 0.1) is 16.8 Å². The van der Waals surface area contributed by atoms with Gasteiger partial charge in [0.2, 0.25) is 0 Å². The summed E-state index contributed by atoms with van der Waals surface area (Å²) in [6, 6.07) is 13.9. The molecule has 0 heterocycles. The molecule has 0 saturated carbocycles. The molecule has 27 heavy (non-hydrogen) atoms. The molecule has 0 aliphatic heterocycles. The molecule has 2 N–H and O–H groups in total. The molecule has 0 aromatic heterocycles. The van der Waals surface area contributed by atoms with E-state index >= 15 is 0 Å². The molecule has 0 aliphatic rings. The first kappa shape index (κ1) is 19.8. The second-order valence-corrected chi connectivity index (χ2v) is 5.29. The Morgan fingerprint density at radius 1 is 1.07 bits per heavy atom. The van der Waals surface area contributed by atoms with Crippen molar-refractivity contribution >= 4 is 17.5 Å². The Morgan fingerprint density at radius 3 is 2.44 bits per heavy atom. The summed E-state index contributed by atoms with van der Waals surface area (Å²) < 4.78 is 42.0. The average Bonchev–Trinajstić information content (AvgIpc) is 2.64. The number of hydrogen-bond acceptors (Lipinski definition) is 4. The maximum Gasteiger partial charge on any atom is 0.405 e. The smallest absolute Gasteiger partial charge is 0.405 e. The van der Waals surface area contributed by atoms with Gasteiger partial charge >= 0.3 is 6.18 Å². The maximum atomic E-state index is 12.2. The van der Waals surface area contributed by atoms with Crippen LogP contribution in [0, 0.1) is 11.3 Å². The van der Waals surface area contributed by atoms with Crippen LogP contribution in [0.4, 0.5) is 18.9 Å². The Labute approximate surface area is 152 Å². The fourth-order valence-corrected chi connectivity index (χ4v) is 2.08. The zero-order valence-corrected chi connectivity index (χ0v) is 13.8. The number of rotatable bonds is 6. The van der Waals surface area contributed by atoms with E-state index in [0.717, 1.165) is 0 Å². The highest BCUT2D eigenvalue weighted by Gasteiger charge is 2.28. The van der Waals surface area contributed by atoms with Gasteiger partial charge in [-0.1, -0.05) is 24.3 Å². The largest absolute Gasteiger partial charge is 0.482 e. The first-order valence-electron chi connectivity index (χ1n) is 7.66. The predicted octanol–water partition coefficient (Wildman–Crippen LogP) is 2.87. The van der Waals surface area contributed by atoms with Crippen LogP contribution >= 0.6 is 0 Å². The van der Waals surface area contributed by atoms with Gasteiger partial charge in [-0.15, -0.1) is 0 Å². The molecule has 0 bridgehead atoms. The number of halogens is 3. The van der Waals surface area contributed by atoms with Crippen LogP contribution in [-0.4, -0.2) is 31.1 Å². The molecule has 0 atom stereocenters. The van der Waals surface area contributed by atoms with E-state index in [1.807, 2.05) is 6.07 Å². The fourth-order valence-electron chi connectivity index (χ4n) is 2.08. The number of para-hydroxylation sites is 2. The Morgan fingerprint density at radius 2 is 1.74 bits per heavy atom. The number of ether oxygens (including phenoxy) is 1. The van der Waals surface area contributed by atoms with Gasteiger partial charge in [-0.05, 0) is 24.3 Å². The van der Waals surface area contributed by atoms with E-state index in [2.05, 4.69) is 5.32 Å². The van der Waals surface area contributed by atoms with Crippen molar-refractivity contribution in [1.29, 1.82) is 5.26 Å². The van der Waals surface area contributed by atoms with Crippen molar-refractivity contribution < 1.29 is 27.5 Å². The Hall–Kier alpha value is -3.54. The second kappa shape index (κ2) is 8.71. The first-order chi connectivity index (χ1) is 12.8. The first-order valence-corrected chi connectivity index (χ1v) is 7.66. The van der Waals surface area contributed by atoms with Crippen molar-refractivity contribution in [2.45, 2.75) is 6.18 Å². The number of nitriles is 1. The molecule has 0 aliphatic carbocycles. The molecule has 9 heteroatoms.